The molecule has 1 fully saturated rings. The number of halogens is 1. The van der Waals surface area contributed by atoms with Crippen molar-refractivity contribution in [2.24, 2.45) is 0 Å². The minimum absolute atomic E-state index is 0.123. The van der Waals surface area contributed by atoms with Gasteiger partial charge in [0.15, 0.2) is 0 Å². The summed E-state index contributed by atoms with van der Waals surface area (Å²) in [6.07, 6.45) is 3.18. The summed E-state index contributed by atoms with van der Waals surface area (Å²) in [6, 6.07) is 6.63. The van der Waals surface area contributed by atoms with Gasteiger partial charge in [-0.3, -0.25) is 4.90 Å². The number of hydrogen-bond donors (Lipinski definition) is 1. The van der Waals surface area contributed by atoms with Crippen LogP contribution >= 0.6 is 0 Å². The Labute approximate surface area is 106 Å². The van der Waals surface area contributed by atoms with Crippen molar-refractivity contribution in [1.29, 1.82) is 5.26 Å². The highest BCUT2D eigenvalue weighted by Crippen LogP contribution is 2.20. The van der Waals surface area contributed by atoms with E-state index in [1.165, 1.54) is 6.07 Å². The Morgan fingerprint density at radius 2 is 2.28 bits per heavy atom. The third-order valence-corrected chi connectivity index (χ3v) is 3.52. The standard InChI is InChI=1S/C14H17FN2O/c15-14-7-11(8-16)4-5-12(14)9-17-6-2-1-3-13(17)10-18/h4-5,7,13,18H,1-3,6,9-10H2. The number of aliphatic hydroxyl groups is 1. The van der Waals surface area contributed by atoms with E-state index in [1.807, 2.05) is 6.07 Å². The molecule has 0 spiro atoms. The molecule has 0 amide bonds. The molecule has 1 aromatic carbocycles. The average molecular weight is 248 g/mol. The third kappa shape index (κ3) is 2.87. The predicted octanol–water partition coefficient (Wildman–Crippen LogP) is 2.04. The van der Waals surface area contributed by atoms with E-state index < -0.39 is 0 Å². The van der Waals surface area contributed by atoms with Crippen LogP contribution in [0.3, 0.4) is 0 Å². The molecule has 3 nitrogen and oxygen atoms in total. The maximum atomic E-state index is 13.8. The molecule has 0 aromatic heterocycles. The lowest BCUT2D eigenvalue weighted by Gasteiger charge is -2.34. The van der Waals surface area contributed by atoms with Gasteiger partial charge in [-0.15, -0.1) is 0 Å². The van der Waals surface area contributed by atoms with E-state index in [0.717, 1.165) is 25.8 Å². The van der Waals surface area contributed by atoms with Crippen LogP contribution in [0.15, 0.2) is 18.2 Å². The van der Waals surface area contributed by atoms with Gasteiger partial charge in [-0.05, 0) is 31.5 Å². The molecule has 1 heterocycles. The number of aliphatic hydroxyl groups excluding tert-OH is 1. The van der Waals surface area contributed by atoms with Crippen LogP contribution in [0.25, 0.3) is 0 Å². The van der Waals surface area contributed by atoms with Gasteiger partial charge in [-0.1, -0.05) is 12.5 Å². The zero-order valence-electron chi connectivity index (χ0n) is 10.3. The lowest BCUT2D eigenvalue weighted by atomic mass is 10.0. The maximum absolute atomic E-state index is 13.8. The lowest BCUT2D eigenvalue weighted by molar-refractivity contribution is 0.0832. The molecule has 1 aromatic rings. The monoisotopic (exact) mass is 248 g/mol. The Bertz CT molecular complexity index is 456. The summed E-state index contributed by atoms with van der Waals surface area (Å²) in [5, 5.41) is 18.0. The molecule has 0 saturated carbocycles. The van der Waals surface area contributed by atoms with Gasteiger partial charge in [0.25, 0.3) is 0 Å². The number of nitrogens with zero attached hydrogens (tertiary/aromatic N) is 2. The van der Waals surface area contributed by atoms with Gasteiger partial charge in [0.1, 0.15) is 5.82 Å². The summed E-state index contributed by atoms with van der Waals surface area (Å²) < 4.78 is 13.8. The number of rotatable bonds is 3. The summed E-state index contributed by atoms with van der Waals surface area (Å²) in [5.74, 6) is -0.337. The minimum Gasteiger partial charge on any atom is -0.395 e. The Morgan fingerprint density at radius 3 is 2.94 bits per heavy atom. The van der Waals surface area contributed by atoms with Crippen LogP contribution in [-0.2, 0) is 6.54 Å². The number of benzene rings is 1. The molecule has 1 aliphatic rings. The van der Waals surface area contributed by atoms with Crippen LogP contribution in [0.4, 0.5) is 4.39 Å². The highest BCUT2D eigenvalue weighted by molar-refractivity contribution is 5.32. The van der Waals surface area contributed by atoms with Crippen molar-refractivity contribution >= 4 is 0 Å². The topological polar surface area (TPSA) is 47.3 Å². The van der Waals surface area contributed by atoms with Gasteiger partial charge in [-0.2, -0.15) is 5.26 Å². The highest BCUT2D eigenvalue weighted by atomic mass is 19.1. The van der Waals surface area contributed by atoms with E-state index in [1.54, 1.807) is 12.1 Å². The number of likely N-dealkylation sites (tertiary alicyclic amines) is 1. The van der Waals surface area contributed by atoms with Crippen molar-refractivity contribution in [2.45, 2.75) is 31.8 Å². The molecule has 1 unspecified atom stereocenters. The Balaban J connectivity index is 2.10. The second-order valence-electron chi connectivity index (χ2n) is 4.72. The lowest BCUT2D eigenvalue weighted by Crippen LogP contribution is -2.41. The molecule has 0 bridgehead atoms. The number of hydrogen-bond acceptors (Lipinski definition) is 3. The van der Waals surface area contributed by atoms with Crippen molar-refractivity contribution in [3.8, 4) is 6.07 Å². The smallest absolute Gasteiger partial charge is 0.129 e. The molecule has 0 aliphatic carbocycles. The second kappa shape index (κ2) is 5.94. The van der Waals surface area contributed by atoms with E-state index in [4.69, 9.17) is 5.26 Å². The van der Waals surface area contributed by atoms with E-state index in [9.17, 15) is 9.50 Å². The maximum Gasteiger partial charge on any atom is 0.129 e. The van der Waals surface area contributed by atoms with Gasteiger partial charge >= 0.3 is 0 Å². The van der Waals surface area contributed by atoms with E-state index in [2.05, 4.69) is 4.90 Å². The largest absolute Gasteiger partial charge is 0.395 e. The normalized spacial score (nSPS) is 20.6. The zero-order valence-corrected chi connectivity index (χ0v) is 10.3. The van der Waals surface area contributed by atoms with Crippen LogP contribution in [-0.4, -0.2) is 29.2 Å². The minimum atomic E-state index is -0.337. The van der Waals surface area contributed by atoms with Gasteiger partial charge in [0.05, 0.1) is 18.2 Å². The van der Waals surface area contributed by atoms with Crippen LogP contribution in [0.2, 0.25) is 0 Å². The molecule has 2 rings (SSSR count). The first kappa shape index (κ1) is 13.0. The van der Waals surface area contributed by atoms with Crippen LogP contribution in [0.1, 0.15) is 30.4 Å². The third-order valence-electron chi connectivity index (χ3n) is 3.52. The van der Waals surface area contributed by atoms with Crippen LogP contribution < -0.4 is 0 Å². The number of piperidine rings is 1. The quantitative estimate of drug-likeness (QED) is 0.890. The average Bonchev–Trinajstić information content (AvgIpc) is 2.41. The first-order valence-electron chi connectivity index (χ1n) is 6.28. The van der Waals surface area contributed by atoms with Gasteiger partial charge in [0, 0.05) is 18.2 Å². The summed E-state index contributed by atoms with van der Waals surface area (Å²) in [7, 11) is 0. The summed E-state index contributed by atoms with van der Waals surface area (Å²) in [4.78, 5) is 2.12. The van der Waals surface area contributed by atoms with Crippen molar-refractivity contribution in [2.75, 3.05) is 13.2 Å². The molecule has 0 radical (unpaired) electrons. The highest BCUT2D eigenvalue weighted by Gasteiger charge is 2.22. The van der Waals surface area contributed by atoms with Gasteiger partial charge in [-0.25, -0.2) is 4.39 Å². The molecular weight excluding hydrogens is 231 g/mol. The molecular formula is C14H17FN2O. The van der Waals surface area contributed by atoms with Crippen molar-refractivity contribution in [3.05, 3.63) is 35.1 Å². The number of nitriles is 1. The summed E-state index contributed by atoms with van der Waals surface area (Å²) in [5.41, 5.74) is 0.933. The Kier molecular flexibility index (Phi) is 4.29. The fourth-order valence-corrected chi connectivity index (χ4v) is 2.44. The Hall–Kier alpha value is -1.44. The molecule has 1 N–H and O–H groups in total. The Morgan fingerprint density at radius 1 is 1.44 bits per heavy atom. The molecule has 4 heteroatoms. The van der Waals surface area contributed by atoms with Crippen LogP contribution in [0.5, 0.6) is 0 Å². The second-order valence-corrected chi connectivity index (χ2v) is 4.72. The van der Waals surface area contributed by atoms with E-state index in [0.29, 0.717) is 17.7 Å². The van der Waals surface area contributed by atoms with Crippen LogP contribution in [0, 0.1) is 17.1 Å². The molecule has 1 aliphatic heterocycles. The van der Waals surface area contributed by atoms with Crippen molar-refractivity contribution < 1.29 is 9.50 Å². The molecule has 1 saturated heterocycles. The van der Waals surface area contributed by atoms with E-state index >= 15 is 0 Å². The predicted molar refractivity (Wildman–Crippen MR) is 66.2 cm³/mol. The summed E-state index contributed by atoms with van der Waals surface area (Å²) in [6.45, 7) is 1.52. The molecule has 96 valence electrons. The first-order chi connectivity index (χ1) is 8.74. The summed E-state index contributed by atoms with van der Waals surface area (Å²) >= 11 is 0. The van der Waals surface area contributed by atoms with E-state index in [-0.39, 0.29) is 18.5 Å². The van der Waals surface area contributed by atoms with Gasteiger partial charge < -0.3 is 5.11 Å². The van der Waals surface area contributed by atoms with Crippen molar-refractivity contribution in [3.63, 3.8) is 0 Å². The molecule has 1 atom stereocenters. The first-order valence-corrected chi connectivity index (χ1v) is 6.28. The fraction of sp³-hybridized carbons (Fsp3) is 0.500. The van der Waals surface area contributed by atoms with Crippen molar-refractivity contribution in [1.82, 2.24) is 4.90 Å². The fourth-order valence-electron chi connectivity index (χ4n) is 2.44. The SMILES string of the molecule is N#Cc1ccc(CN2CCCCC2CO)c(F)c1. The molecule has 18 heavy (non-hydrogen) atoms. The zero-order chi connectivity index (χ0) is 13.0. The van der Waals surface area contributed by atoms with Gasteiger partial charge in [0.2, 0.25) is 0 Å².